The molecular weight excluding hydrogens is 335 g/mol. The normalized spacial score (nSPS) is 23.6. The highest BCUT2D eigenvalue weighted by molar-refractivity contribution is 6.49. The molecule has 3 heteroatoms. The van der Waals surface area contributed by atoms with Gasteiger partial charge in [0.2, 0.25) is 0 Å². The van der Waals surface area contributed by atoms with E-state index in [1.165, 1.54) is 10.8 Å². The number of fused-ring (bicyclic) bond motifs is 4. The van der Waals surface area contributed by atoms with Crippen molar-refractivity contribution in [3.05, 3.63) is 59.7 Å². The summed E-state index contributed by atoms with van der Waals surface area (Å²) in [6.45, 7) is 2.04. The van der Waals surface area contributed by atoms with Crippen LogP contribution in [-0.2, 0) is 9.21 Å². The molecule has 0 radical (unpaired) electrons. The minimum atomic E-state index is -0.883. The van der Waals surface area contributed by atoms with Gasteiger partial charge in [-0.3, -0.25) is 0 Å². The fourth-order valence-corrected chi connectivity index (χ4v) is 4.34. The van der Waals surface area contributed by atoms with Crippen molar-refractivity contribution in [2.45, 2.75) is 29.0 Å². The van der Waals surface area contributed by atoms with Gasteiger partial charge in [0.15, 0.2) is 0 Å². The van der Waals surface area contributed by atoms with Crippen molar-refractivity contribution in [2.75, 3.05) is 0 Å². The van der Waals surface area contributed by atoms with Crippen LogP contribution in [0.15, 0.2) is 48.5 Å². The highest BCUT2D eigenvalue weighted by atomic mass is 35.5. The molecule has 112 valence electrons. The van der Waals surface area contributed by atoms with E-state index in [2.05, 4.69) is 42.5 Å². The van der Waals surface area contributed by atoms with Crippen LogP contribution in [0.3, 0.4) is 0 Å². The van der Waals surface area contributed by atoms with Crippen LogP contribution in [0.5, 0.6) is 0 Å². The summed E-state index contributed by atoms with van der Waals surface area (Å²) >= 11 is 20.1. The first-order valence-electron chi connectivity index (χ1n) is 7.42. The Morgan fingerprint density at radius 2 is 1.50 bits per heavy atom. The molecule has 3 aromatic rings. The van der Waals surface area contributed by atoms with Crippen LogP contribution >= 0.6 is 34.8 Å². The van der Waals surface area contributed by atoms with E-state index in [4.69, 9.17) is 34.8 Å². The van der Waals surface area contributed by atoms with E-state index in [1.54, 1.807) is 0 Å². The summed E-state index contributed by atoms with van der Waals surface area (Å²) in [5.41, 5.74) is 2.02. The summed E-state index contributed by atoms with van der Waals surface area (Å²) in [4.78, 5) is -0.414. The predicted octanol–water partition coefficient (Wildman–Crippen LogP) is 6.87. The van der Waals surface area contributed by atoms with Crippen LogP contribution in [0.1, 0.15) is 30.9 Å². The standard InChI is InChI=1S/C19H15Cl3/c1-18(20)8-9-19(21,22)17-15-11-13-5-3-2-4-12(13)10-14(15)6-7-16(17)18/h2-7,10-11H,8-9H2,1H3. The van der Waals surface area contributed by atoms with E-state index in [-0.39, 0.29) is 0 Å². The van der Waals surface area contributed by atoms with Gasteiger partial charge in [-0.15, -0.1) is 11.6 Å². The molecule has 0 N–H and O–H groups in total. The molecule has 0 saturated heterocycles. The van der Waals surface area contributed by atoms with Crippen molar-refractivity contribution >= 4 is 56.3 Å². The molecule has 4 rings (SSSR count). The quantitative estimate of drug-likeness (QED) is 0.307. The molecule has 0 saturated carbocycles. The van der Waals surface area contributed by atoms with E-state index in [9.17, 15) is 0 Å². The second-order valence-electron chi connectivity index (χ2n) is 6.31. The number of hydrogen-bond donors (Lipinski definition) is 0. The van der Waals surface area contributed by atoms with Crippen LogP contribution < -0.4 is 0 Å². The Labute approximate surface area is 145 Å². The van der Waals surface area contributed by atoms with Crippen LogP contribution in [0, 0.1) is 0 Å². The van der Waals surface area contributed by atoms with Gasteiger partial charge in [-0.25, -0.2) is 0 Å². The Morgan fingerprint density at radius 1 is 0.818 bits per heavy atom. The first kappa shape index (κ1) is 14.6. The van der Waals surface area contributed by atoms with Gasteiger partial charge in [0.05, 0.1) is 4.87 Å². The van der Waals surface area contributed by atoms with Crippen molar-refractivity contribution in [3.63, 3.8) is 0 Å². The topological polar surface area (TPSA) is 0 Å². The third kappa shape index (κ3) is 2.12. The molecule has 0 amide bonds. The van der Waals surface area contributed by atoms with Gasteiger partial charge in [0.25, 0.3) is 0 Å². The fraction of sp³-hybridized carbons (Fsp3) is 0.263. The summed E-state index contributed by atoms with van der Waals surface area (Å²) in [6, 6.07) is 16.9. The van der Waals surface area contributed by atoms with Crippen molar-refractivity contribution < 1.29 is 0 Å². The Morgan fingerprint density at radius 3 is 2.23 bits per heavy atom. The number of benzene rings is 3. The Bertz CT molecular complexity index is 894. The lowest BCUT2D eigenvalue weighted by Crippen LogP contribution is -2.29. The third-order valence-electron chi connectivity index (χ3n) is 4.72. The lowest BCUT2D eigenvalue weighted by molar-refractivity contribution is 0.506. The molecule has 0 nitrogen and oxygen atoms in total. The number of rotatable bonds is 0. The predicted molar refractivity (Wildman–Crippen MR) is 97.3 cm³/mol. The maximum absolute atomic E-state index is 6.73. The van der Waals surface area contributed by atoms with Crippen LogP contribution in [0.4, 0.5) is 0 Å². The minimum Gasteiger partial charge on any atom is -0.114 e. The van der Waals surface area contributed by atoms with Crippen LogP contribution in [0.2, 0.25) is 0 Å². The van der Waals surface area contributed by atoms with Crippen LogP contribution in [-0.4, -0.2) is 0 Å². The first-order chi connectivity index (χ1) is 10.4. The van der Waals surface area contributed by atoms with E-state index >= 15 is 0 Å². The zero-order chi connectivity index (χ0) is 15.5. The van der Waals surface area contributed by atoms with Crippen molar-refractivity contribution in [3.8, 4) is 0 Å². The molecule has 0 aliphatic heterocycles. The molecule has 0 fully saturated rings. The maximum atomic E-state index is 6.73. The highest BCUT2D eigenvalue weighted by Gasteiger charge is 2.42. The van der Waals surface area contributed by atoms with Gasteiger partial charge in [0, 0.05) is 5.56 Å². The van der Waals surface area contributed by atoms with Gasteiger partial charge in [-0.1, -0.05) is 59.6 Å². The van der Waals surface area contributed by atoms with Crippen LogP contribution in [0.25, 0.3) is 21.5 Å². The molecule has 0 bridgehead atoms. The first-order valence-corrected chi connectivity index (χ1v) is 8.55. The third-order valence-corrected chi connectivity index (χ3v) is 5.87. The van der Waals surface area contributed by atoms with Gasteiger partial charge >= 0.3 is 0 Å². The van der Waals surface area contributed by atoms with E-state index in [1.807, 2.05) is 13.0 Å². The second-order valence-corrected chi connectivity index (χ2v) is 8.63. The van der Waals surface area contributed by atoms with Gasteiger partial charge in [-0.2, -0.15) is 0 Å². The summed E-state index contributed by atoms with van der Waals surface area (Å²) in [6.07, 6.45) is 1.43. The Hall–Kier alpha value is -0.950. The highest BCUT2D eigenvalue weighted by Crippen LogP contribution is 2.54. The zero-order valence-corrected chi connectivity index (χ0v) is 14.4. The average Bonchev–Trinajstić information content (AvgIpc) is 2.49. The van der Waals surface area contributed by atoms with E-state index < -0.39 is 9.21 Å². The second kappa shape index (κ2) is 4.77. The SMILES string of the molecule is CC1(Cl)CCC(Cl)(Cl)c2c1ccc1cc3ccccc3cc21. The molecule has 0 spiro atoms. The molecule has 22 heavy (non-hydrogen) atoms. The summed E-state index contributed by atoms with van der Waals surface area (Å²) < 4.78 is -0.883. The summed E-state index contributed by atoms with van der Waals surface area (Å²) in [7, 11) is 0. The molecule has 1 unspecified atom stereocenters. The van der Waals surface area contributed by atoms with Gasteiger partial charge in [0.1, 0.15) is 4.33 Å². The monoisotopic (exact) mass is 348 g/mol. The van der Waals surface area contributed by atoms with Crippen molar-refractivity contribution in [1.29, 1.82) is 0 Å². The fourth-order valence-electron chi connectivity index (χ4n) is 3.49. The lowest BCUT2D eigenvalue weighted by Gasteiger charge is -2.38. The molecule has 1 aliphatic rings. The molecule has 1 atom stereocenters. The van der Waals surface area contributed by atoms with Crippen molar-refractivity contribution in [2.24, 2.45) is 0 Å². The molecule has 0 heterocycles. The Kier molecular flexibility index (Phi) is 3.17. The van der Waals surface area contributed by atoms with E-state index in [0.717, 1.165) is 28.3 Å². The molecular formula is C19H15Cl3. The molecule has 1 aliphatic carbocycles. The molecule has 0 aromatic heterocycles. The lowest BCUT2D eigenvalue weighted by atomic mass is 9.80. The minimum absolute atomic E-state index is 0.414. The summed E-state index contributed by atoms with van der Waals surface area (Å²) in [5, 5.41) is 4.66. The summed E-state index contributed by atoms with van der Waals surface area (Å²) in [5.74, 6) is 0. The average molecular weight is 350 g/mol. The zero-order valence-electron chi connectivity index (χ0n) is 12.2. The number of hydrogen-bond acceptors (Lipinski definition) is 0. The largest absolute Gasteiger partial charge is 0.144 e. The van der Waals surface area contributed by atoms with E-state index in [0.29, 0.717) is 6.42 Å². The van der Waals surface area contributed by atoms with Crippen molar-refractivity contribution in [1.82, 2.24) is 0 Å². The molecule has 3 aromatic carbocycles. The smallest absolute Gasteiger partial charge is 0.114 e. The number of halogens is 3. The Balaban J connectivity index is 2.16. The maximum Gasteiger partial charge on any atom is 0.144 e. The van der Waals surface area contributed by atoms with Gasteiger partial charge in [-0.05, 0) is 59.0 Å². The number of alkyl halides is 3. The van der Waals surface area contributed by atoms with Gasteiger partial charge < -0.3 is 0 Å².